The summed E-state index contributed by atoms with van der Waals surface area (Å²) in [5.41, 5.74) is 3.12. The maximum absolute atomic E-state index is 12.7. The number of rotatable bonds is 10. The summed E-state index contributed by atoms with van der Waals surface area (Å²) in [5, 5.41) is 9.70. The zero-order chi connectivity index (χ0) is 18.1. The molecule has 0 saturated carbocycles. The molecule has 0 radical (unpaired) electrons. The minimum atomic E-state index is -0.497. The normalized spacial score (nSPS) is 14.9. The lowest BCUT2D eigenvalue weighted by Crippen LogP contribution is -2.29. The average molecular weight is 335 g/mol. The van der Waals surface area contributed by atoms with Crippen molar-refractivity contribution in [2.24, 2.45) is 5.92 Å². The van der Waals surface area contributed by atoms with Gasteiger partial charge in [-0.25, -0.2) is 4.79 Å². The number of esters is 1. The molecule has 24 heavy (non-hydrogen) atoms. The molecule has 0 heterocycles. The largest absolute Gasteiger partial charge is 0.459 e. The van der Waals surface area contributed by atoms with Crippen molar-refractivity contribution in [3.05, 3.63) is 34.9 Å². The van der Waals surface area contributed by atoms with Gasteiger partial charge in [-0.1, -0.05) is 45.7 Å². The lowest BCUT2D eigenvalue weighted by Gasteiger charge is -2.23. The lowest BCUT2D eigenvalue weighted by atomic mass is 9.93. The molecule has 1 aromatic carbocycles. The molecule has 0 amide bonds. The first-order valence-electron chi connectivity index (χ1n) is 9.42. The Labute approximate surface area is 147 Å². The van der Waals surface area contributed by atoms with Gasteiger partial charge in [0.1, 0.15) is 6.10 Å². The third-order valence-corrected chi connectivity index (χ3v) is 4.87. The number of aliphatic hydroxyl groups is 1. The maximum atomic E-state index is 12.7. The third-order valence-electron chi connectivity index (χ3n) is 4.87. The first-order valence-corrected chi connectivity index (χ1v) is 9.42. The van der Waals surface area contributed by atoms with Crippen LogP contribution < -0.4 is 0 Å². The SMILES string of the molecule is CCCCc1cccc(C(=O)OC(C)C(C)C(C)O)c1CCCC. The van der Waals surface area contributed by atoms with E-state index in [0.29, 0.717) is 5.56 Å². The minimum absolute atomic E-state index is 0.0867. The molecule has 3 nitrogen and oxygen atoms in total. The second kappa shape index (κ2) is 10.5. The van der Waals surface area contributed by atoms with Gasteiger partial charge in [-0.15, -0.1) is 0 Å². The van der Waals surface area contributed by atoms with E-state index in [1.54, 1.807) is 6.92 Å². The quantitative estimate of drug-likeness (QED) is 0.617. The fourth-order valence-electron chi connectivity index (χ4n) is 2.81. The average Bonchev–Trinajstić information content (AvgIpc) is 2.57. The van der Waals surface area contributed by atoms with Crippen LogP contribution in [0.5, 0.6) is 0 Å². The molecule has 0 fully saturated rings. The molecule has 1 N–H and O–H groups in total. The van der Waals surface area contributed by atoms with Crippen LogP contribution >= 0.6 is 0 Å². The maximum Gasteiger partial charge on any atom is 0.338 e. The van der Waals surface area contributed by atoms with E-state index in [-0.39, 0.29) is 18.0 Å². The monoisotopic (exact) mass is 334 g/mol. The van der Waals surface area contributed by atoms with Crippen LogP contribution in [0.1, 0.15) is 81.8 Å². The van der Waals surface area contributed by atoms with Crippen LogP contribution in [0.2, 0.25) is 0 Å². The molecule has 1 rings (SSSR count). The number of carbonyl (C=O) groups excluding carboxylic acids is 1. The van der Waals surface area contributed by atoms with Crippen molar-refractivity contribution < 1.29 is 14.6 Å². The van der Waals surface area contributed by atoms with Gasteiger partial charge in [-0.05, 0) is 56.7 Å². The van der Waals surface area contributed by atoms with Crippen LogP contribution in [-0.4, -0.2) is 23.3 Å². The van der Waals surface area contributed by atoms with Crippen LogP contribution in [0, 0.1) is 5.92 Å². The van der Waals surface area contributed by atoms with Gasteiger partial charge in [0.05, 0.1) is 11.7 Å². The molecule has 136 valence electrons. The zero-order valence-electron chi connectivity index (χ0n) is 16.0. The molecular weight excluding hydrogens is 300 g/mol. The Hall–Kier alpha value is -1.35. The van der Waals surface area contributed by atoms with E-state index < -0.39 is 6.10 Å². The van der Waals surface area contributed by atoms with Crippen LogP contribution in [-0.2, 0) is 17.6 Å². The molecule has 3 heteroatoms. The Morgan fingerprint density at radius 3 is 2.29 bits per heavy atom. The number of hydrogen-bond donors (Lipinski definition) is 1. The van der Waals surface area contributed by atoms with Crippen LogP contribution in [0.15, 0.2) is 18.2 Å². The number of benzene rings is 1. The van der Waals surface area contributed by atoms with Crippen LogP contribution in [0.4, 0.5) is 0 Å². The van der Waals surface area contributed by atoms with Gasteiger partial charge in [0.15, 0.2) is 0 Å². The number of aryl methyl sites for hydroxylation is 1. The van der Waals surface area contributed by atoms with E-state index in [9.17, 15) is 9.90 Å². The van der Waals surface area contributed by atoms with E-state index in [0.717, 1.165) is 44.1 Å². The standard InChI is InChI=1S/C21H34O3/c1-6-8-11-18-12-10-14-20(19(18)13-9-7-2)21(23)24-17(5)15(3)16(4)22/h10,12,14-17,22H,6-9,11,13H2,1-5H3. The highest BCUT2D eigenvalue weighted by atomic mass is 16.5. The van der Waals surface area contributed by atoms with E-state index in [4.69, 9.17) is 4.74 Å². The number of aliphatic hydroxyl groups excluding tert-OH is 1. The number of hydrogen-bond acceptors (Lipinski definition) is 3. The molecule has 0 spiro atoms. The number of carbonyl (C=O) groups is 1. The second-order valence-corrected chi connectivity index (χ2v) is 6.86. The molecule has 0 aliphatic carbocycles. The van der Waals surface area contributed by atoms with Crippen molar-refractivity contribution in [2.45, 2.75) is 85.4 Å². The van der Waals surface area contributed by atoms with Crippen molar-refractivity contribution in [3.8, 4) is 0 Å². The second-order valence-electron chi connectivity index (χ2n) is 6.86. The van der Waals surface area contributed by atoms with Gasteiger partial charge in [-0.3, -0.25) is 0 Å². The Balaban J connectivity index is 3.00. The summed E-state index contributed by atoms with van der Waals surface area (Å²) in [6.45, 7) is 9.83. The van der Waals surface area contributed by atoms with Gasteiger partial charge in [0.2, 0.25) is 0 Å². The Kier molecular flexibility index (Phi) is 9.05. The van der Waals surface area contributed by atoms with Crippen molar-refractivity contribution in [1.29, 1.82) is 0 Å². The Morgan fingerprint density at radius 1 is 1.08 bits per heavy atom. The fraction of sp³-hybridized carbons (Fsp3) is 0.667. The van der Waals surface area contributed by atoms with Gasteiger partial charge >= 0.3 is 5.97 Å². The van der Waals surface area contributed by atoms with E-state index in [1.807, 2.05) is 26.0 Å². The van der Waals surface area contributed by atoms with Gasteiger partial charge in [0, 0.05) is 5.92 Å². The molecule has 0 bridgehead atoms. The Bertz CT molecular complexity index is 508. The topological polar surface area (TPSA) is 46.5 Å². The van der Waals surface area contributed by atoms with Crippen molar-refractivity contribution in [2.75, 3.05) is 0 Å². The van der Waals surface area contributed by atoms with Crippen molar-refractivity contribution >= 4 is 5.97 Å². The van der Waals surface area contributed by atoms with E-state index in [2.05, 4.69) is 19.9 Å². The summed E-state index contributed by atoms with van der Waals surface area (Å²) in [5.74, 6) is -0.351. The molecule has 0 aliphatic rings. The summed E-state index contributed by atoms with van der Waals surface area (Å²) in [6, 6.07) is 5.97. The minimum Gasteiger partial charge on any atom is -0.459 e. The predicted molar refractivity (Wildman–Crippen MR) is 99.4 cm³/mol. The van der Waals surface area contributed by atoms with Gasteiger partial charge in [-0.2, -0.15) is 0 Å². The summed E-state index contributed by atoms with van der Waals surface area (Å²) < 4.78 is 5.64. The third kappa shape index (κ3) is 5.94. The molecular formula is C21H34O3. The van der Waals surface area contributed by atoms with Crippen molar-refractivity contribution in [3.63, 3.8) is 0 Å². The molecule has 0 aliphatic heterocycles. The number of ether oxygens (including phenoxy) is 1. The highest BCUT2D eigenvalue weighted by Crippen LogP contribution is 2.22. The zero-order valence-corrected chi connectivity index (χ0v) is 16.0. The van der Waals surface area contributed by atoms with Crippen LogP contribution in [0.25, 0.3) is 0 Å². The number of unbranched alkanes of at least 4 members (excludes halogenated alkanes) is 2. The van der Waals surface area contributed by atoms with Gasteiger partial charge in [0.25, 0.3) is 0 Å². The summed E-state index contributed by atoms with van der Waals surface area (Å²) >= 11 is 0. The van der Waals surface area contributed by atoms with Crippen molar-refractivity contribution in [1.82, 2.24) is 0 Å². The fourth-order valence-corrected chi connectivity index (χ4v) is 2.81. The lowest BCUT2D eigenvalue weighted by molar-refractivity contribution is -0.00198. The van der Waals surface area contributed by atoms with E-state index >= 15 is 0 Å². The molecule has 1 aromatic rings. The first kappa shape index (κ1) is 20.7. The molecule has 3 atom stereocenters. The summed E-state index contributed by atoms with van der Waals surface area (Å²) in [7, 11) is 0. The molecule has 0 aromatic heterocycles. The summed E-state index contributed by atoms with van der Waals surface area (Å²) in [6.07, 6.45) is 5.57. The Morgan fingerprint density at radius 2 is 1.71 bits per heavy atom. The predicted octanol–water partition coefficient (Wildman–Crippen LogP) is 4.93. The first-order chi connectivity index (χ1) is 11.4. The van der Waals surface area contributed by atoms with Crippen LogP contribution in [0.3, 0.4) is 0 Å². The van der Waals surface area contributed by atoms with Gasteiger partial charge < -0.3 is 9.84 Å². The smallest absolute Gasteiger partial charge is 0.338 e. The highest BCUT2D eigenvalue weighted by Gasteiger charge is 2.23. The highest BCUT2D eigenvalue weighted by molar-refractivity contribution is 5.91. The van der Waals surface area contributed by atoms with E-state index in [1.165, 1.54) is 5.56 Å². The molecule has 0 saturated heterocycles. The molecule has 3 unspecified atom stereocenters. The summed E-state index contributed by atoms with van der Waals surface area (Å²) in [4.78, 5) is 12.7.